The minimum Gasteiger partial charge on any atom is -0.339 e. The Hall–Kier alpha value is -8.39. The van der Waals surface area contributed by atoms with Gasteiger partial charge in [-0.15, -0.1) is 0 Å². The molecule has 2 atom stereocenters. The van der Waals surface area contributed by atoms with Gasteiger partial charge in [0, 0.05) is 140 Å². The lowest BCUT2D eigenvalue weighted by atomic mass is 9.79. The summed E-state index contributed by atoms with van der Waals surface area (Å²) in [6.45, 7) is 35.4. The molecule has 0 fully saturated rings. The first-order chi connectivity index (χ1) is 50.6. The third kappa shape index (κ3) is 16.0. The zero-order valence-corrected chi connectivity index (χ0v) is 70.6. The molecule has 8 aromatic rings. The largest absolute Gasteiger partial charge is 0.339 e. The van der Waals surface area contributed by atoms with E-state index in [1.54, 1.807) is 92.0 Å². The van der Waals surface area contributed by atoms with E-state index in [0.717, 1.165) is 69.1 Å². The molecule has 16 rings (SSSR count). The number of carbonyl (C=O) groups excluding carboxylic acids is 3. The fraction of sp³-hybridized carbons (Fsp3) is 0.463. The van der Waals surface area contributed by atoms with Gasteiger partial charge in [-0.3, -0.25) is 49.2 Å². The number of nitrogens with zero attached hydrogens (tertiary/aromatic N) is 16. The van der Waals surface area contributed by atoms with Gasteiger partial charge in [-0.1, -0.05) is 62.4 Å². The minimum atomic E-state index is -3.37. The van der Waals surface area contributed by atoms with Crippen LogP contribution < -0.4 is 0 Å². The maximum Gasteiger partial charge on any atom is 0.273 e. The number of rotatable bonds is 0. The van der Waals surface area contributed by atoms with Crippen molar-refractivity contribution in [3.05, 3.63) is 225 Å². The average Bonchev–Trinajstić information content (AvgIpc) is 1.56. The Morgan fingerprint density at radius 3 is 1.36 bits per heavy atom. The van der Waals surface area contributed by atoms with Crippen molar-refractivity contribution in [3.63, 3.8) is 0 Å². The summed E-state index contributed by atoms with van der Waals surface area (Å²) in [5.74, 6) is 0.207. The molecule has 0 aromatic carbocycles. The van der Waals surface area contributed by atoms with Gasteiger partial charge >= 0.3 is 0 Å². The second kappa shape index (κ2) is 31.4. The number of hydrogen-bond donors (Lipinski definition) is 0. The maximum atomic E-state index is 12.1. The first kappa shape index (κ1) is 84.6. The topological polar surface area (TPSA) is 283 Å². The summed E-state index contributed by atoms with van der Waals surface area (Å²) in [5, 5.41) is 0.891. The highest BCUT2D eigenvalue weighted by molar-refractivity contribution is 7.90. The fourth-order valence-electron chi connectivity index (χ4n) is 14.5. The van der Waals surface area contributed by atoms with E-state index in [0.29, 0.717) is 36.0 Å². The van der Waals surface area contributed by atoms with Crippen LogP contribution in [0.25, 0.3) is 0 Å². The van der Waals surface area contributed by atoms with Crippen LogP contribution in [0, 0.1) is 0 Å². The molecule has 3 amide bonds. The van der Waals surface area contributed by atoms with Crippen LogP contribution in [-0.4, -0.2) is 183 Å². The Bertz CT molecular complexity index is 4900. The van der Waals surface area contributed by atoms with Gasteiger partial charge < -0.3 is 14.7 Å². The molecule has 0 radical (unpaired) electrons. The van der Waals surface area contributed by atoms with Crippen LogP contribution in [-0.2, 0) is 115 Å². The van der Waals surface area contributed by atoms with Crippen molar-refractivity contribution in [3.8, 4) is 0 Å². The summed E-state index contributed by atoms with van der Waals surface area (Å²) in [6.07, 6.45) is 13.7. The molecular formula is C80H106N16O9S4. The predicted octanol–water partition coefficient (Wildman–Crippen LogP) is 10.7. The summed E-state index contributed by atoms with van der Waals surface area (Å²) < 4.78 is 76.9. The number of amides is 3. The van der Waals surface area contributed by atoms with E-state index in [1.807, 2.05) is 184 Å². The van der Waals surface area contributed by atoms with E-state index < -0.39 is 57.7 Å². The Labute approximate surface area is 649 Å². The summed E-state index contributed by atoms with van der Waals surface area (Å²) in [4.78, 5) is 76.4. The number of likely N-dealkylation sites (N-methyl/N-ethyl adjacent to an activating group) is 2. The lowest BCUT2D eigenvalue weighted by molar-refractivity contribution is -0.136. The maximum absolute atomic E-state index is 12.1. The molecule has 8 aliphatic rings. The van der Waals surface area contributed by atoms with Crippen LogP contribution in [0.1, 0.15) is 199 Å². The van der Waals surface area contributed by atoms with Crippen molar-refractivity contribution in [1.29, 1.82) is 0 Å². The molecule has 0 saturated carbocycles. The smallest absolute Gasteiger partial charge is 0.273 e. The van der Waals surface area contributed by atoms with Crippen LogP contribution in [0.4, 0.5) is 0 Å². The molecule has 8 aliphatic heterocycles. The number of aromatic nitrogens is 8. The highest BCUT2D eigenvalue weighted by Gasteiger charge is 2.49. The van der Waals surface area contributed by atoms with Crippen LogP contribution in [0.5, 0.6) is 0 Å². The zero-order chi connectivity index (χ0) is 80.9. The molecule has 16 heterocycles. The van der Waals surface area contributed by atoms with E-state index >= 15 is 0 Å². The standard InChI is InChI=1S/2C11H14N2O.C10H14N2O2S.C10H14N2OS.C10H12N2O.C10H14N2.C9H12N2O2S.C9H12N2OS/c1-11(2)7-13(3)10(14)9-8(11)5-4-6-12-9;1-11(2)8-5-4-6-12-9(8)7-13(3)10(11)14;1-10(2)8-5-4-6-11-9(8)7-12(3)15(10,13)14;1-10(2)8-5-4-6-11-9(8)7-12(3)14(10)13;1-10(2)7-5-4-6-11-8(7)9(13)12(10)3;1-10(2)8-5-4-6-11-9(8)7-12(10)3;1-9(2)7-5-4-6-10-8(7)14(12,13)11(9)3;1-9(2)7-5-4-6-10-8(7)13(12)11(9)3/h2*4-6H,7H2,1-3H3;4-6H,7H2,1-3H3;4-6H,7H2,1-3H3;4-6H,1-3H3;4-6H,7H2,1-3H3;4-6H,1-3H3;4-6H,1-3H3. The molecule has 0 aliphatic carbocycles. The van der Waals surface area contributed by atoms with Crippen molar-refractivity contribution in [1.82, 2.24) is 76.7 Å². The molecule has 109 heavy (non-hydrogen) atoms. The summed E-state index contributed by atoms with van der Waals surface area (Å²) in [7, 11) is 5.81. The molecule has 8 aromatic heterocycles. The fourth-order valence-corrected chi connectivity index (χ4v) is 20.6. The number of pyridine rings is 8. The number of sulfonamides is 2. The van der Waals surface area contributed by atoms with Crippen molar-refractivity contribution < 1.29 is 39.6 Å². The van der Waals surface area contributed by atoms with E-state index in [2.05, 4.69) is 99.4 Å². The SMILES string of the molecule is CN1C(=O)c2ncccc2C1(C)C.CN1C(C)(C)c2cccnc2S1(=O)=O.CN1CC(C)(C)c2cccnc2C1=O.CN1Cc2ncccc2C(C)(C)C1=O.CN1Cc2ncccc2C(C)(C)S1(=O)=O.CN1Cc2ncccc2C(C)(C)S1=O.CN1Cc2ncccc2C1(C)C.CN1S(=O)c2ncccc2C1(C)C. The minimum absolute atomic E-state index is 0.00620. The van der Waals surface area contributed by atoms with Gasteiger partial charge in [0.15, 0.2) is 5.03 Å². The number of carbonyl (C=O) groups is 3. The monoisotopic (exact) mass is 1560 g/mol. The molecule has 0 saturated heterocycles. The Balaban J connectivity index is 0.000000144. The van der Waals surface area contributed by atoms with Crippen LogP contribution in [0.3, 0.4) is 0 Å². The van der Waals surface area contributed by atoms with Crippen molar-refractivity contribution in [2.75, 3.05) is 62.9 Å². The van der Waals surface area contributed by atoms with Crippen LogP contribution >= 0.6 is 0 Å². The Morgan fingerprint density at radius 2 is 0.835 bits per heavy atom. The van der Waals surface area contributed by atoms with Gasteiger partial charge in [0.05, 0.1) is 69.2 Å². The highest BCUT2D eigenvalue weighted by atomic mass is 32.2. The van der Waals surface area contributed by atoms with Gasteiger partial charge in [-0.05, 0) is 180 Å². The van der Waals surface area contributed by atoms with Crippen LogP contribution in [0.2, 0.25) is 0 Å². The third-order valence-electron chi connectivity index (χ3n) is 22.3. The zero-order valence-electron chi connectivity index (χ0n) is 67.4. The second-order valence-corrected chi connectivity index (χ2v) is 40.4. The van der Waals surface area contributed by atoms with E-state index in [1.165, 1.54) is 26.1 Å². The Morgan fingerprint density at radius 1 is 0.404 bits per heavy atom. The van der Waals surface area contributed by atoms with Crippen LogP contribution in [0.15, 0.2) is 157 Å². The molecule has 584 valence electrons. The number of fused-ring (bicyclic) bond motifs is 8. The molecule has 0 N–H and O–H groups in total. The van der Waals surface area contributed by atoms with E-state index in [4.69, 9.17) is 0 Å². The molecule has 25 nitrogen and oxygen atoms in total. The summed E-state index contributed by atoms with van der Waals surface area (Å²) in [6, 6.07) is 30.8. The molecule has 0 spiro atoms. The second-order valence-electron chi connectivity index (χ2n) is 32.3. The molecule has 2 unspecified atom stereocenters. The lowest BCUT2D eigenvalue weighted by Gasteiger charge is -2.36. The van der Waals surface area contributed by atoms with Crippen molar-refractivity contribution >= 4 is 59.7 Å². The quantitative estimate of drug-likeness (QED) is 0.136. The summed E-state index contributed by atoms with van der Waals surface area (Å²) >= 11 is 0. The Kier molecular flexibility index (Phi) is 24.4. The lowest BCUT2D eigenvalue weighted by Crippen LogP contribution is -2.46. The first-order valence-electron chi connectivity index (χ1n) is 35.9. The van der Waals surface area contributed by atoms with E-state index in [-0.39, 0.29) is 49.5 Å². The normalized spacial score (nSPS) is 22.2. The van der Waals surface area contributed by atoms with Crippen molar-refractivity contribution in [2.24, 2.45) is 0 Å². The van der Waals surface area contributed by atoms with E-state index in [9.17, 15) is 39.6 Å². The van der Waals surface area contributed by atoms with Gasteiger partial charge in [0.25, 0.3) is 21.8 Å². The predicted molar refractivity (Wildman–Crippen MR) is 424 cm³/mol. The average molecular weight is 1560 g/mol. The van der Waals surface area contributed by atoms with Gasteiger partial charge in [-0.2, -0.15) is 8.61 Å². The highest BCUT2D eigenvalue weighted by Crippen LogP contribution is 2.44. The molecule has 29 heteroatoms. The van der Waals surface area contributed by atoms with Crippen molar-refractivity contribution in [2.45, 2.75) is 189 Å². The van der Waals surface area contributed by atoms with Gasteiger partial charge in [0.2, 0.25) is 15.9 Å². The first-order valence-corrected chi connectivity index (χ1v) is 41.0. The third-order valence-corrected chi connectivity index (χ3v) is 30.2. The van der Waals surface area contributed by atoms with Gasteiger partial charge in [-0.25, -0.2) is 43.8 Å². The number of hydrogen-bond acceptors (Lipinski definition) is 18. The van der Waals surface area contributed by atoms with Gasteiger partial charge in [0.1, 0.15) is 43.1 Å². The molecule has 0 bridgehead atoms. The molecular weight excluding hydrogens is 1460 g/mol. The summed E-state index contributed by atoms with van der Waals surface area (Å²) in [5.41, 5.74) is 12.4.